The van der Waals surface area contributed by atoms with Crippen LogP contribution in [-0.4, -0.2) is 62.7 Å². The number of carbonyl (C=O) groups excluding carboxylic acids is 1. The minimum Gasteiger partial charge on any atom is -0.466 e. The third-order valence-electron chi connectivity index (χ3n) is 2.42. The maximum absolute atomic E-state index is 11.3. The number of carbonyl (C=O) groups is 1. The van der Waals surface area contributed by atoms with Crippen LogP contribution in [0.5, 0.6) is 0 Å². The smallest absolute Gasteiger partial charge is 0.307 e. The average molecular weight is 244 g/mol. The van der Waals surface area contributed by atoms with E-state index in [1.165, 1.54) is 0 Å². The average Bonchev–Trinajstić information content (AvgIpc) is 2.21. The zero-order valence-corrected chi connectivity index (χ0v) is 12.0. The van der Waals surface area contributed by atoms with Crippen molar-refractivity contribution in [3.05, 3.63) is 0 Å². The molecular weight excluding hydrogens is 216 g/mol. The standard InChI is InChI=1S/C13H28N2O2/c1-6-17-13(16)7-8-15(11-12(2)3)10-9-14(4)5/h12H,6-11H2,1-5H3. The number of esters is 1. The minimum absolute atomic E-state index is 0.0916. The molecule has 0 amide bonds. The third kappa shape index (κ3) is 10.3. The van der Waals surface area contributed by atoms with Crippen LogP contribution in [0.4, 0.5) is 0 Å². The van der Waals surface area contributed by atoms with E-state index in [-0.39, 0.29) is 5.97 Å². The van der Waals surface area contributed by atoms with E-state index in [0.29, 0.717) is 18.9 Å². The second-order valence-corrected chi connectivity index (χ2v) is 5.05. The van der Waals surface area contributed by atoms with Crippen molar-refractivity contribution in [2.24, 2.45) is 5.92 Å². The zero-order chi connectivity index (χ0) is 13.3. The van der Waals surface area contributed by atoms with Gasteiger partial charge in [-0.25, -0.2) is 0 Å². The van der Waals surface area contributed by atoms with Crippen LogP contribution in [-0.2, 0) is 9.53 Å². The summed E-state index contributed by atoms with van der Waals surface area (Å²) in [5.41, 5.74) is 0. The minimum atomic E-state index is -0.0916. The van der Waals surface area contributed by atoms with Gasteiger partial charge in [0, 0.05) is 26.2 Å². The molecule has 0 spiro atoms. The van der Waals surface area contributed by atoms with Crippen LogP contribution in [0, 0.1) is 5.92 Å². The predicted octanol–water partition coefficient (Wildman–Crippen LogP) is 1.46. The van der Waals surface area contributed by atoms with E-state index in [9.17, 15) is 4.79 Å². The topological polar surface area (TPSA) is 32.8 Å². The molecule has 0 saturated heterocycles. The summed E-state index contributed by atoms with van der Waals surface area (Å²) in [6, 6.07) is 0. The van der Waals surface area contributed by atoms with Gasteiger partial charge in [0.1, 0.15) is 0 Å². The van der Waals surface area contributed by atoms with Crippen molar-refractivity contribution in [1.82, 2.24) is 9.80 Å². The number of likely N-dealkylation sites (N-methyl/N-ethyl adjacent to an activating group) is 1. The lowest BCUT2D eigenvalue weighted by Gasteiger charge is -2.25. The lowest BCUT2D eigenvalue weighted by Crippen LogP contribution is -2.36. The second kappa shape index (κ2) is 9.42. The number of nitrogens with zero attached hydrogens (tertiary/aromatic N) is 2. The van der Waals surface area contributed by atoms with Crippen LogP contribution in [0.3, 0.4) is 0 Å². The predicted molar refractivity (Wildman–Crippen MR) is 71.1 cm³/mol. The van der Waals surface area contributed by atoms with E-state index in [1.54, 1.807) is 0 Å². The van der Waals surface area contributed by atoms with Crippen molar-refractivity contribution in [1.29, 1.82) is 0 Å². The Balaban J connectivity index is 3.96. The van der Waals surface area contributed by atoms with Gasteiger partial charge in [-0.1, -0.05) is 13.8 Å². The number of ether oxygens (including phenoxy) is 1. The summed E-state index contributed by atoms with van der Waals surface area (Å²) < 4.78 is 4.95. The highest BCUT2D eigenvalue weighted by atomic mass is 16.5. The highest BCUT2D eigenvalue weighted by Crippen LogP contribution is 2.01. The van der Waals surface area contributed by atoms with E-state index in [0.717, 1.165) is 26.2 Å². The summed E-state index contributed by atoms with van der Waals surface area (Å²) in [7, 11) is 4.14. The van der Waals surface area contributed by atoms with Gasteiger partial charge < -0.3 is 14.5 Å². The van der Waals surface area contributed by atoms with Gasteiger partial charge in [0.05, 0.1) is 13.0 Å². The summed E-state index contributed by atoms with van der Waals surface area (Å²) in [4.78, 5) is 15.8. The van der Waals surface area contributed by atoms with Crippen molar-refractivity contribution in [3.8, 4) is 0 Å². The fraction of sp³-hybridized carbons (Fsp3) is 0.923. The largest absolute Gasteiger partial charge is 0.466 e. The van der Waals surface area contributed by atoms with E-state index in [1.807, 2.05) is 6.92 Å². The Morgan fingerprint density at radius 1 is 1.18 bits per heavy atom. The first-order valence-electron chi connectivity index (χ1n) is 6.48. The molecule has 0 rings (SSSR count). The molecule has 0 aromatic carbocycles. The molecule has 0 N–H and O–H groups in total. The summed E-state index contributed by atoms with van der Waals surface area (Å²) in [6.45, 7) is 10.6. The lowest BCUT2D eigenvalue weighted by atomic mass is 10.2. The van der Waals surface area contributed by atoms with Crippen molar-refractivity contribution < 1.29 is 9.53 Å². The maximum atomic E-state index is 11.3. The second-order valence-electron chi connectivity index (χ2n) is 5.05. The quantitative estimate of drug-likeness (QED) is 0.575. The molecule has 0 aromatic heterocycles. The zero-order valence-electron chi connectivity index (χ0n) is 12.0. The summed E-state index contributed by atoms with van der Waals surface area (Å²) in [6.07, 6.45) is 0.494. The van der Waals surface area contributed by atoms with Crippen LogP contribution < -0.4 is 0 Å². The van der Waals surface area contributed by atoms with E-state index in [2.05, 4.69) is 37.7 Å². The molecule has 0 fully saturated rings. The summed E-state index contributed by atoms with van der Waals surface area (Å²) in [5.74, 6) is 0.533. The van der Waals surface area contributed by atoms with E-state index >= 15 is 0 Å². The Kier molecular flexibility index (Phi) is 9.09. The molecule has 102 valence electrons. The summed E-state index contributed by atoms with van der Waals surface area (Å²) >= 11 is 0. The Morgan fingerprint density at radius 2 is 1.82 bits per heavy atom. The lowest BCUT2D eigenvalue weighted by molar-refractivity contribution is -0.143. The fourth-order valence-electron chi connectivity index (χ4n) is 1.63. The molecule has 0 aliphatic heterocycles. The molecule has 0 heterocycles. The van der Waals surface area contributed by atoms with Crippen molar-refractivity contribution >= 4 is 5.97 Å². The van der Waals surface area contributed by atoms with E-state index in [4.69, 9.17) is 4.74 Å². The van der Waals surface area contributed by atoms with Crippen LogP contribution in [0.1, 0.15) is 27.2 Å². The first-order chi connectivity index (χ1) is 7.95. The maximum Gasteiger partial charge on any atom is 0.307 e. The third-order valence-corrected chi connectivity index (χ3v) is 2.42. The van der Waals surface area contributed by atoms with Gasteiger partial charge in [-0.3, -0.25) is 4.79 Å². The van der Waals surface area contributed by atoms with Gasteiger partial charge in [0.2, 0.25) is 0 Å². The van der Waals surface area contributed by atoms with Crippen molar-refractivity contribution in [2.45, 2.75) is 27.2 Å². The molecule has 4 nitrogen and oxygen atoms in total. The molecule has 0 aliphatic rings. The molecule has 0 atom stereocenters. The number of hydrogen-bond donors (Lipinski definition) is 0. The molecule has 0 saturated carbocycles. The molecule has 0 aliphatic carbocycles. The van der Waals surface area contributed by atoms with Crippen LogP contribution in [0.25, 0.3) is 0 Å². The van der Waals surface area contributed by atoms with Crippen LogP contribution in [0.2, 0.25) is 0 Å². The Morgan fingerprint density at radius 3 is 2.29 bits per heavy atom. The fourth-order valence-corrected chi connectivity index (χ4v) is 1.63. The first kappa shape index (κ1) is 16.4. The molecule has 17 heavy (non-hydrogen) atoms. The number of rotatable bonds is 9. The molecule has 0 aromatic rings. The van der Waals surface area contributed by atoms with Crippen molar-refractivity contribution in [3.63, 3.8) is 0 Å². The molecular formula is C13H28N2O2. The molecule has 4 heteroatoms. The first-order valence-corrected chi connectivity index (χ1v) is 6.48. The van der Waals surface area contributed by atoms with Crippen LogP contribution in [0.15, 0.2) is 0 Å². The Labute approximate surface area is 106 Å². The van der Waals surface area contributed by atoms with Crippen LogP contribution >= 0.6 is 0 Å². The Bertz CT molecular complexity index is 206. The van der Waals surface area contributed by atoms with Gasteiger partial charge in [0.25, 0.3) is 0 Å². The van der Waals surface area contributed by atoms with Gasteiger partial charge in [0.15, 0.2) is 0 Å². The monoisotopic (exact) mass is 244 g/mol. The summed E-state index contributed by atoms with van der Waals surface area (Å²) in [5, 5.41) is 0. The van der Waals surface area contributed by atoms with Gasteiger partial charge in [-0.2, -0.15) is 0 Å². The SMILES string of the molecule is CCOC(=O)CCN(CCN(C)C)CC(C)C. The van der Waals surface area contributed by atoms with E-state index < -0.39 is 0 Å². The highest BCUT2D eigenvalue weighted by Gasteiger charge is 2.10. The normalized spacial score (nSPS) is 11.5. The van der Waals surface area contributed by atoms with Gasteiger partial charge in [-0.15, -0.1) is 0 Å². The Hall–Kier alpha value is -0.610. The highest BCUT2D eigenvalue weighted by molar-refractivity contribution is 5.69. The van der Waals surface area contributed by atoms with Gasteiger partial charge >= 0.3 is 5.97 Å². The molecule has 0 radical (unpaired) electrons. The number of hydrogen-bond acceptors (Lipinski definition) is 4. The molecule has 0 unspecified atom stereocenters. The molecule has 0 bridgehead atoms. The van der Waals surface area contributed by atoms with Gasteiger partial charge in [-0.05, 0) is 26.9 Å². The van der Waals surface area contributed by atoms with Crippen molar-refractivity contribution in [2.75, 3.05) is 46.9 Å².